The number of carbonyl (C=O) groups is 4. The minimum absolute atomic E-state index is 0.00222. The molecule has 0 radical (unpaired) electrons. The third-order valence-electron chi connectivity index (χ3n) is 21.0. The van der Waals surface area contributed by atoms with Crippen LogP contribution in [0, 0.1) is 27.6 Å². The molecule has 0 bridgehead atoms. The number of ether oxygens (including phenoxy) is 2. The van der Waals surface area contributed by atoms with E-state index in [1.54, 1.807) is 53.5 Å². The summed E-state index contributed by atoms with van der Waals surface area (Å²) < 4.78 is 145. The van der Waals surface area contributed by atoms with Gasteiger partial charge in [-0.2, -0.15) is 19.7 Å². The highest BCUT2D eigenvalue weighted by molar-refractivity contribution is 6.33. The van der Waals surface area contributed by atoms with Crippen molar-refractivity contribution in [2.24, 2.45) is 43.1 Å². The number of hydrogen-bond acceptors (Lipinski definition) is 16. The van der Waals surface area contributed by atoms with Crippen LogP contribution in [0.5, 0.6) is 0 Å². The van der Waals surface area contributed by atoms with Gasteiger partial charge >= 0.3 is 11.9 Å². The Morgan fingerprint density at radius 3 is 1.45 bits per heavy atom. The van der Waals surface area contributed by atoms with Crippen molar-refractivity contribution < 1.29 is 68.2 Å². The van der Waals surface area contributed by atoms with Crippen LogP contribution in [0.4, 0.5) is 39.5 Å². The highest BCUT2D eigenvalue weighted by Crippen LogP contribution is 2.61. The molecule has 0 spiro atoms. The molecule has 110 heavy (non-hydrogen) atoms. The van der Waals surface area contributed by atoms with Crippen molar-refractivity contribution in [3.63, 3.8) is 0 Å². The van der Waals surface area contributed by atoms with Gasteiger partial charge < -0.3 is 20.9 Å². The highest BCUT2D eigenvalue weighted by atomic mass is 35.5. The Kier molecular flexibility index (Phi) is 20.8. The SMILES string of the molecule is CC(C)(C)C[C@]1(c2ccc(-c3cn(C4CC4)nc3F)cc2)N=C(N)N([C@H](COC(=O)CC2(C(C)(F)F)CC2)c2ccc(Cl)c(-n3ncnc3C(F)F)c2)C1=O.CC(C)(C)C[C@]1(c2ccc(-c3cnn(C4CC4)c3)cc2Cl)N=C(N)N([C@H](COC(=O)CC2(C(C)(F)F)CC2)c2ccc(Cl)c(-n3ncnc3C(F)F)c2)C1=O. The lowest BCUT2D eigenvalue weighted by Gasteiger charge is -2.35. The molecule has 6 aliphatic rings. The molecule has 4 aliphatic carbocycles. The van der Waals surface area contributed by atoms with Gasteiger partial charge in [-0.05, 0) is 147 Å². The lowest BCUT2D eigenvalue weighted by Crippen LogP contribution is -2.47. The molecule has 4 aromatic heterocycles. The number of amides is 2. The van der Waals surface area contributed by atoms with Gasteiger partial charge in [0, 0.05) is 39.4 Å². The summed E-state index contributed by atoms with van der Waals surface area (Å²) in [6.45, 7) is 12.0. The number of esters is 2. The second-order valence-corrected chi connectivity index (χ2v) is 33.1. The highest BCUT2D eigenvalue weighted by Gasteiger charge is 2.62. The molecule has 4 N–H and O–H groups in total. The fourth-order valence-electron chi connectivity index (χ4n) is 14.7. The molecule has 22 nitrogen and oxygen atoms in total. The van der Waals surface area contributed by atoms with Crippen molar-refractivity contribution in [3.05, 3.63) is 165 Å². The molecule has 2 amide bonds. The topological polar surface area (TPSA) is 267 Å². The van der Waals surface area contributed by atoms with Gasteiger partial charge in [0.15, 0.2) is 34.6 Å². The fourth-order valence-corrected chi connectivity index (χ4v) is 15.4. The second kappa shape index (κ2) is 29.1. The van der Waals surface area contributed by atoms with Crippen molar-refractivity contribution in [2.75, 3.05) is 13.2 Å². The zero-order valence-electron chi connectivity index (χ0n) is 61.2. The number of aromatic nitrogens is 10. The van der Waals surface area contributed by atoms with Gasteiger partial charge in [-0.3, -0.25) is 38.3 Å². The van der Waals surface area contributed by atoms with Crippen molar-refractivity contribution in [1.82, 2.24) is 58.9 Å². The van der Waals surface area contributed by atoms with Crippen LogP contribution in [0.15, 0.2) is 120 Å². The third-order valence-corrected chi connectivity index (χ3v) is 22.0. The summed E-state index contributed by atoms with van der Waals surface area (Å²) in [6, 6.07) is 18.8. The first kappa shape index (κ1) is 78.8. The minimum atomic E-state index is -3.12. The van der Waals surface area contributed by atoms with Gasteiger partial charge in [-0.1, -0.05) is 125 Å². The third kappa shape index (κ3) is 15.7. The van der Waals surface area contributed by atoms with E-state index in [0.29, 0.717) is 28.3 Å². The van der Waals surface area contributed by atoms with Gasteiger partial charge in [0.2, 0.25) is 5.95 Å². The molecular weight excluding hydrogens is 1510 g/mol. The Labute approximate surface area is 641 Å². The Morgan fingerprint density at radius 1 is 0.564 bits per heavy atom. The molecule has 34 heteroatoms. The van der Waals surface area contributed by atoms with E-state index in [4.69, 9.17) is 65.7 Å². The number of benzene rings is 4. The molecule has 2 aliphatic heterocycles. The average molecular weight is 1590 g/mol. The summed E-state index contributed by atoms with van der Waals surface area (Å²) in [4.78, 5) is 75.7. The number of guanidine groups is 2. The van der Waals surface area contributed by atoms with Crippen LogP contribution < -0.4 is 11.5 Å². The Balaban J connectivity index is 0.000000193. The van der Waals surface area contributed by atoms with Gasteiger partial charge in [-0.25, -0.2) is 64.4 Å². The number of alkyl halides is 8. The first-order chi connectivity index (χ1) is 51.6. The van der Waals surface area contributed by atoms with Crippen LogP contribution in [0.25, 0.3) is 33.6 Å². The first-order valence-corrected chi connectivity index (χ1v) is 36.9. The van der Waals surface area contributed by atoms with E-state index in [-0.39, 0.29) is 94.1 Å². The minimum Gasteiger partial charge on any atom is -0.463 e. The summed E-state index contributed by atoms with van der Waals surface area (Å²) >= 11 is 20.0. The van der Waals surface area contributed by atoms with Crippen molar-refractivity contribution in [1.29, 1.82) is 0 Å². The summed E-state index contributed by atoms with van der Waals surface area (Å²) in [7, 11) is 0. The van der Waals surface area contributed by atoms with Crippen LogP contribution in [-0.4, -0.2) is 120 Å². The summed E-state index contributed by atoms with van der Waals surface area (Å²) in [5, 5.41) is 16.6. The number of aliphatic imine (C=N–C) groups is 2. The Bertz CT molecular complexity index is 4930. The first-order valence-electron chi connectivity index (χ1n) is 35.8. The van der Waals surface area contributed by atoms with E-state index in [2.05, 4.69) is 30.4 Å². The number of rotatable bonds is 26. The Hall–Kier alpha value is -9.36. The maximum atomic E-state index is 15.1. The van der Waals surface area contributed by atoms with E-state index < -0.39 is 137 Å². The molecular formula is C76H80Cl3F9N16O6. The smallest absolute Gasteiger partial charge is 0.306 e. The number of nitrogens with zero attached hydrogens (tertiary/aromatic N) is 14. The molecule has 4 atom stereocenters. The predicted octanol–water partition coefficient (Wildman–Crippen LogP) is 16.7. The molecule has 0 saturated heterocycles. The van der Waals surface area contributed by atoms with Crippen LogP contribution in [0.3, 0.4) is 0 Å². The second-order valence-electron chi connectivity index (χ2n) is 31.9. The van der Waals surface area contributed by atoms with Crippen molar-refractivity contribution in [3.8, 4) is 33.6 Å². The molecule has 4 fully saturated rings. The van der Waals surface area contributed by atoms with Gasteiger partial charge in [0.25, 0.3) is 36.5 Å². The normalized spacial score (nSPS) is 20.2. The zero-order valence-corrected chi connectivity index (χ0v) is 63.4. The van der Waals surface area contributed by atoms with Crippen molar-refractivity contribution >= 4 is 70.5 Å². The quantitative estimate of drug-likeness (QED) is 0.0377. The van der Waals surface area contributed by atoms with Crippen molar-refractivity contribution in [2.45, 2.75) is 192 Å². The van der Waals surface area contributed by atoms with E-state index in [0.717, 1.165) is 77.6 Å². The maximum Gasteiger partial charge on any atom is 0.306 e. The van der Waals surface area contributed by atoms with E-state index >= 15 is 9.59 Å². The molecule has 4 aromatic carbocycles. The molecule has 6 heterocycles. The zero-order chi connectivity index (χ0) is 79.3. The maximum absolute atomic E-state index is 15.1. The van der Waals surface area contributed by atoms with Crippen LogP contribution >= 0.6 is 34.8 Å². The summed E-state index contributed by atoms with van der Waals surface area (Å²) in [6.07, 6.45) is 5.06. The lowest BCUT2D eigenvalue weighted by atomic mass is 9.75. The van der Waals surface area contributed by atoms with Crippen LogP contribution in [-0.2, 0) is 39.7 Å². The summed E-state index contributed by atoms with van der Waals surface area (Å²) in [5.41, 5.74) is 9.75. The van der Waals surface area contributed by atoms with E-state index in [1.165, 1.54) is 41.3 Å². The number of halogens is 12. The monoisotopic (exact) mass is 1590 g/mol. The van der Waals surface area contributed by atoms with Gasteiger partial charge in [0.05, 0.1) is 70.2 Å². The van der Waals surface area contributed by atoms with Crippen LogP contribution in [0.2, 0.25) is 15.1 Å². The van der Waals surface area contributed by atoms with E-state index in [9.17, 15) is 49.1 Å². The molecule has 8 aromatic rings. The lowest BCUT2D eigenvalue weighted by molar-refractivity contribution is -0.153. The number of carbonyl (C=O) groups excluding carboxylic acids is 4. The molecule has 584 valence electrons. The average Bonchev–Trinajstić information content (AvgIpc) is 1.65. The predicted molar refractivity (Wildman–Crippen MR) is 389 cm³/mol. The van der Waals surface area contributed by atoms with E-state index in [1.807, 2.05) is 58.5 Å². The number of nitrogens with two attached hydrogens (primary N) is 2. The Morgan fingerprint density at radius 2 is 1.01 bits per heavy atom. The largest absolute Gasteiger partial charge is 0.463 e. The fraction of sp³-hybridized carbons (Fsp3) is 0.474. The molecule has 0 unspecified atom stereocenters. The van der Waals surface area contributed by atoms with Crippen LogP contribution in [0.1, 0.15) is 203 Å². The van der Waals surface area contributed by atoms with Gasteiger partial charge in [0.1, 0.15) is 25.9 Å². The number of hydrogen-bond donors (Lipinski definition) is 2. The standard InChI is InChI=1S/C38H40Cl2F4N8O3.C38H40ClF5N8O3/c1-35(2,3)19-38(25-9-5-21(13-27(25)40)23-16-47-50(17-23)24-7-8-24)33(54)51(34(45)49-38)29(18-55-30(53)15-37(11-12-37)36(4,43)44)22-6-10-26(39)28(14-22)52-32(31(41)42)46-20-48-52;1-35(2,3)19-38(23-8-5-21(6-9-23)25-17-50(24-10-11-24)49-31(25)42)33(54)51(34(45)48-38)28(18-55-29(53)16-37(13-14-37)36(4,43)44)22-7-12-26(39)27(15-22)52-32(30(40)41)46-20-47-52/h5-6,9-10,13-14,16-17,20,24,29,31H,7-8,11-12,15,18-19H2,1-4H3,(H2,45,49);5-9,12,15,17,20,24,28,30H,10-11,13-14,16,18-19H2,1-4H3,(H2,45,48)/t29-,38-;28-,38-/m11/s1. The molecule has 4 saturated carbocycles. The summed E-state index contributed by atoms with van der Waals surface area (Å²) in [5.74, 6) is -11.7. The molecule has 14 rings (SSSR count). The van der Waals surface area contributed by atoms with Gasteiger partial charge in [-0.15, -0.1) is 5.10 Å².